The van der Waals surface area contributed by atoms with Crippen LogP contribution in [0.5, 0.6) is 0 Å². The first-order chi connectivity index (χ1) is 10.5. The monoisotopic (exact) mass is 298 g/mol. The van der Waals surface area contributed by atoms with Gasteiger partial charge in [-0.05, 0) is 62.7 Å². The first-order valence-corrected chi connectivity index (χ1v) is 8.91. The summed E-state index contributed by atoms with van der Waals surface area (Å²) in [4.78, 5) is 11.7. The molecule has 0 aromatic heterocycles. The van der Waals surface area contributed by atoms with Crippen LogP contribution in [0.2, 0.25) is 0 Å². The lowest BCUT2D eigenvalue weighted by Crippen LogP contribution is -2.50. The summed E-state index contributed by atoms with van der Waals surface area (Å²) in [7, 11) is 0. The number of hydrogen-bond donors (Lipinski definition) is 1. The average Bonchev–Trinajstić information content (AvgIpc) is 2.79. The number of allylic oxidation sites excluding steroid dienone is 2. The van der Waals surface area contributed by atoms with Crippen molar-refractivity contribution >= 4 is 5.78 Å². The lowest BCUT2D eigenvalue weighted by atomic mass is 9.52. The summed E-state index contributed by atoms with van der Waals surface area (Å²) in [5.74, 6) is 5.06. The van der Waals surface area contributed by atoms with Crippen molar-refractivity contribution in [1.82, 2.24) is 0 Å². The minimum Gasteiger partial charge on any atom is -0.377 e. The summed E-state index contributed by atoms with van der Waals surface area (Å²) in [5, 5.41) is 10.9. The third-order valence-corrected chi connectivity index (χ3v) is 7.59. The van der Waals surface area contributed by atoms with E-state index in [1.807, 2.05) is 0 Å². The van der Waals surface area contributed by atoms with Crippen LogP contribution in [0.25, 0.3) is 0 Å². The topological polar surface area (TPSA) is 37.3 Å². The Balaban J connectivity index is 1.67. The van der Waals surface area contributed by atoms with Crippen LogP contribution in [0.1, 0.15) is 64.7 Å². The Morgan fingerprint density at radius 3 is 2.77 bits per heavy atom. The standard InChI is InChI=1S/C20H26O2/c1-3-20(22)11-9-18-17-6-4-13-12-14(21)5-7-15(13)16(17)8-10-19(18,20)2/h1,16-18,22H,4-12H2,2H3. The predicted octanol–water partition coefficient (Wildman–Crippen LogP) is 3.64. The normalized spacial score (nSPS) is 47.5. The van der Waals surface area contributed by atoms with Crippen molar-refractivity contribution in [3.63, 3.8) is 0 Å². The molecule has 2 nitrogen and oxygen atoms in total. The molecule has 1 N–H and O–H groups in total. The highest BCUT2D eigenvalue weighted by Gasteiger charge is 2.61. The zero-order valence-electron chi connectivity index (χ0n) is 13.5. The van der Waals surface area contributed by atoms with E-state index in [1.165, 1.54) is 12.0 Å². The number of terminal acetylenes is 1. The third-order valence-electron chi connectivity index (χ3n) is 7.59. The van der Waals surface area contributed by atoms with E-state index < -0.39 is 5.60 Å². The molecule has 2 fully saturated rings. The third kappa shape index (κ3) is 1.75. The van der Waals surface area contributed by atoms with Crippen LogP contribution < -0.4 is 0 Å². The fraction of sp³-hybridized carbons (Fsp3) is 0.750. The molecule has 0 aromatic carbocycles. The van der Waals surface area contributed by atoms with E-state index in [-0.39, 0.29) is 5.41 Å². The van der Waals surface area contributed by atoms with Crippen LogP contribution in [0, 0.1) is 35.5 Å². The van der Waals surface area contributed by atoms with Gasteiger partial charge in [-0.1, -0.05) is 24.0 Å². The van der Waals surface area contributed by atoms with Gasteiger partial charge in [0.25, 0.3) is 0 Å². The molecule has 0 saturated heterocycles. The Morgan fingerprint density at radius 1 is 1.18 bits per heavy atom. The van der Waals surface area contributed by atoms with Gasteiger partial charge in [-0.2, -0.15) is 0 Å². The fourth-order valence-corrected chi connectivity index (χ4v) is 6.30. The molecule has 5 unspecified atom stereocenters. The van der Waals surface area contributed by atoms with E-state index in [0.717, 1.165) is 51.4 Å². The highest BCUT2D eigenvalue weighted by Crippen LogP contribution is 2.64. The molecule has 4 aliphatic rings. The summed E-state index contributed by atoms with van der Waals surface area (Å²) in [6.45, 7) is 2.23. The van der Waals surface area contributed by atoms with Crippen LogP contribution in [0.4, 0.5) is 0 Å². The quantitative estimate of drug-likeness (QED) is 0.547. The maximum Gasteiger partial charge on any atom is 0.137 e. The van der Waals surface area contributed by atoms with Gasteiger partial charge < -0.3 is 5.11 Å². The Kier molecular flexibility index (Phi) is 3.11. The second kappa shape index (κ2) is 4.71. The van der Waals surface area contributed by atoms with Crippen molar-refractivity contribution in [1.29, 1.82) is 0 Å². The Bertz CT molecular complexity index is 595. The number of rotatable bonds is 0. The molecule has 4 aliphatic carbocycles. The van der Waals surface area contributed by atoms with Gasteiger partial charge in [-0.3, -0.25) is 4.79 Å². The first-order valence-electron chi connectivity index (χ1n) is 8.91. The lowest BCUT2D eigenvalue weighted by Gasteiger charge is -2.53. The van der Waals surface area contributed by atoms with E-state index in [0.29, 0.717) is 23.5 Å². The van der Waals surface area contributed by atoms with Crippen LogP contribution >= 0.6 is 0 Å². The molecule has 0 bridgehead atoms. The van der Waals surface area contributed by atoms with Gasteiger partial charge in [0, 0.05) is 18.3 Å². The molecule has 2 heteroatoms. The molecule has 0 radical (unpaired) electrons. The van der Waals surface area contributed by atoms with Crippen LogP contribution in [-0.2, 0) is 4.79 Å². The van der Waals surface area contributed by atoms with E-state index in [9.17, 15) is 9.90 Å². The van der Waals surface area contributed by atoms with Gasteiger partial charge in [-0.25, -0.2) is 0 Å². The summed E-state index contributed by atoms with van der Waals surface area (Å²) >= 11 is 0. The highest BCUT2D eigenvalue weighted by atomic mass is 16.3. The summed E-state index contributed by atoms with van der Waals surface area (Å²) < 4.78 is 0. The molecule has 0 amide bonds. The second-order valence-electron chi connectivity index (χ2n) is 8.26. The molecule has 0 aromatic rings. The molecule has 5 atom stereocenters. The van der Waals surface area contributed by atoms with Gasteiger partial charge in [0.2, 0.25) is 0 Å². The lowest BCUT2D eigenvalue weighted by molar-refractivity contribution is -0.119. The number of carbonyl (C=O) groups excluding carboxylic acids is 1. The number of ketones is 1. The Morgan fingerprint density at radius 2 is 2.00 bits per heavy atom. The van der Waals surface area contributed by atoms with Crippen LogP contribution in [0.3, 0.4) is 0 Å². The Labute approximate surface area is 133 Å². The SMILES string of the molecule is C#CC1(O)CCC2C3CCC4=C(CCC(=O)C4)C3CCC21C. The van der Waals surface area contributed by atoms with Crippen molar-refractivity contribution in [2.75, 3.05) is 0 Å². The molecule has 22 heavy (non-hydrogen) atoms. The van der Waals surface area contributed by atoms with Crippen LogP contribution in [-0.4, -0.2) is 16.5 Å². The first kappa shape index (κ1) is 14.5. The van der Waals surface area contributed by atoms with E-state index >= 15 is 0 Å². The molecule has 4 rings (SSSR count). The van der Waals surface area contributed by atoms with Gasteiger partial charge in [-0.15, -0.1) is 6.42 Å². The number of Topliss-reactive ketones (excluding diaryl/α,β-unsaturated/α-hetero) is 1. The molecule has 0 heterocycles. The van der Waals surface area contributed by atoms with Gasteiger partial charge in [0.05, 0.1) is 0 Å². The molecule has 2 saturated carbocycles. The molecular weight excluding hydrogens is 272 g/mol. The largest absolute Gasteiger partial charge is 0.377 e. The van der Waals surface area contributed by atoms with Gasteiger partial charge in [0.1, 0.15) is 11.4 Å². The summed E-state index contributed by atoms with van der Waals surface area (Å²) in [6, 6.07) is 0. The van der Waals surface area contributed by atoms with E-state index in [2.05, 4.69) is 12.8 Å². The van der Waals surface area contributed by atoms with Crippen LogP contribution in [0.15, 0.2) is 11.1 Å². The zero-order valence-corrected chi connectivity index (χ0v) is 13.5. The van der Waals surface area contributed by atoms with Crippen molar-refractivity contribution in [3.05, 3.63) is 11.1 Å². The summed E-state index contributed by atoms with van der Waals surface area (Å²) in [5.41, 5.74) is 2.08. The number of hydrogen-bond acceptors (Lipinski definition) is 2. The molecule has 118 valence electrons. The van der Waals surface area contributed by atoms with Crippen molar-refractivity contribution < 1.29 is 9.90 Å². The molecule has 0 spiro atoms. The van der Waals surface area contributed by atoms with Gasteiger partial charge >= 0.3 is 0 Å². The summed E-state index contributed by atoms with van der Waals surface area (Å²) in [6.07, 6.45) is 14.5. The minimum atomic E-state index is -0.903. The van der Waals surface area contributed by atoms with E-state index in [4.69, 9.17) is 6.42 Å². The number of carbonyl (C=O) groups is 1. The number of fused-ring (bicyclic) bond motifs is 4. The average molecular weight is 298 g/mol. The maximum atomic E-state index is 11.7. The molecular formula is C20H26O2. The van der Waals surface area contributed by atoms with Gasteiger partial charge in [0.15, 0.2) is 0 Å². The Hall–Kier alpha value is -1.07. The smallest absolute Gasteiger partial charge is 0.137 e. The van der Waals surface area contributed by atoms with Crippen molar-refractivity contribution in [2.24, 2.45) is 23.2 Å². The predicted molar refractivity (Wildman–Crippen MR) is 85.9 cm³/mol. The minimum absolute atomic E-state index is 0.106. The van der Waals surface area contributed by atoms with E-state index in [1.54, 1.807) is 5.57 Å². The van der Waals surface area contributed by atoms with Crippen molar-refractivity contribution in [2.45, 2.75) is 70.3 Å². The second-order valence-corrected chi connectivity index (χ2v) is 8.26. The zero-order chi connectivity index (χ0) is 15.5. The fourth-order valence-electron chi connectivity index (χ4n) is 6.30. The van der Waals surface area contributed by atoms with Crippen molar-refractivity contribution in [3.8, 4) is 12.3 Å². The highest BCUT2D eigenvalue weighted by molar-refractivity contribution is 5.82. The maximum absolute atomic E-state index is 11.7. The number of aliphatic hydroxyl groups is 1. The molecule has 0 aliphatic heterocycles.